The molecule has 1 fully saturated rings. The highest BCUT2D eigenvalue weighted by atomic mass is 17.2. The van der Waals surface area contributed by atoms with Crippen molar-refractivity contribution in [3.8, 4) is 5.75 Å². The van der Waals surface area contributed by atoms with Crippen LogP contribution in [-0.4, -0.2) is 23.9 Å². The second kappa shape index (κ2) is 6.59. The molecule has 2 aliphatic rings. The molecule has 2 aliphatic heterocycles. The zero-order chi connectivity index (χ0) is 14.5. The maximum Gasteiger partial charge on any atom is 0.246 e. The topological polar surface area (TPSA) is 38.8 Å². The van der Waals surface area contributed by atoms with Crippen molar-refractivity contribution >= 4 is 12.0 Å². The molecule has 0 N–H and O–H groups in total. The molecule has 0 atom stereocenters. The molecule has 0 spiro atoms. The van der Waals surface area contributed by atoms with Crippen LogP contribution in [0.5, 0.6) is 5.75 Å². The van der Waals surface area contributed by atoms with E-state index in [2.05, 4.69) is 0 Å². The second-order valence-electron chi connectivity index (χ2n) is 5.32. The van der Waals surface area contributed by atoms with Crippen molar-refractivity contribution < 1.29 is 14.6 Å². The Morgan fingerprint density at radius 1 is 1.14 bits per heavy atom. The third-order valence-corrected chi connectivity index (χ3v) is 3.75. The number of carbonyl (C=O) groups is 1. The summed E-state index contributed by atoms with van der Waals surface area (Å²) >= 11 is 0. The van der Waals surface area contributed by atoms with Crippen LogP contribution < -0.4 is 4.89 Å². The Labute approximate surface area is 124 Å². The van der Waals surface area contributed by atoms with Crippen LogP contribution in [0.4, 0.5) is 0 Å². The first-order valence-electron chi connectivity index (χ1n) is 7.39. The van der Waals surface area contributed by atoms with Gasteiger partial charge >= 0.3 is 0 Å². The van der Waals surface area contributed by atoms with E-state index in [1.165, 1.54) is 6.42 Å². The predicted molar refractivity (Wildman–Crippen MR) is 80.5 cm³/mol. The van der Waals surface area contributed by atoms with Gasteiger partial charge in [0.1, 0.15) is 6.61 Å². The van der Waals surface area contributed by atoms with Crippen LogP contribution in [0.25, 0.3) is 6.08 Å². The number of hydrogen-bond acceptors (Lipinski definition) is 3. The normalized spacial score (nSPS) is 18.2. The van der Waals surface area contributed by atoms with E-state index in [1.54, 1.807) is 12.2 Å². The van der Waals surface area contributed by atoms with Crippen LogP contribution >= 0.6 is 0 Å². The summed E-state index contributed by atoms with van der Waals surface area (Å²) in [5.74, 6) is 0.887. The molecule has 0 bridgehead atoms. The van der Waals surface area contributed by atoms with Crippen molar-refractivity contribution in [3.63, 3.8) is 0 Å². The molecule has 1 amide bonds. The maximum atomic E-state index is 11.9. The molecule has 3 rings (SSSR count). The minimum absolute atomic E-state index is 0.107. The highest BCUT2D eigenvalue weighted by Gasteiger charge is 2.14. The lowest BCUT2D eigenvalue weighted by atomic mass is 10.1. The molecule has 1 saturated heterocycles. The number of fused-ring (bicyclic) bond motifs is 1. The van der Waals surface area contributed by atoms with Gasteiger partial charge in [-0.3, -0.25) is 4.79 Å². The van der Waals surface area contributed by atoms with Gasteiger partial charge in [-0.15, -0.1) is 0 Å². The molecule has 4 heteroatoms. The van der Waals surface area contributed by atoms with Crippen LogP contribution in [-0.2, 0) is 16.3 Å². The quantitative estimate of drug-likeness (QED) is 0.486. The fraction of sp³-hybridized carbons (Fsp3) is 0.353. The standard InChI is InChI=1S/C17H19NO3/c19-17(18-10-4-1-5-11-18)7-3-2-6-14-8-9-16-15(12-14)13-20-21-16/h2-3,6-9,12H,1,4-5,10-11,13H2. The number of amides is 1. The molecule has 0 saturated carbocycles. The molecule has 0 radical (unpaired) electrons. The lowest BCUT2D eigenvalue weighted by Gasteiger charge is -2.25. The monoisotopic (exact) mass is 285 g/mol. The van der Waals surface area contributed by atoms with Crippen LogP contribution in [0.2, 0.25) is 0 Å². The van der Waals surface area contributed by atoms with Crippen molar-refractivity contribution in [2.24, 2.45) is 0 Å². The van der Waals surface area contributed by atoms with E-state index >= 15 is 0 Å². The minimum atomic E-state index is 0.107. The van der Waals surface area contributed by atoms with Gasteiger partial charge in [-0.2, -0.15) is 4.89 Å². The Bertz CT molecular complexity index is 571. The highest BCUT2D eigenvalue weighted by Crippen LogP contribution is 2.27. The van der Waals surface area contributed by atoms with Crippen molar-refractivity contribution in [1.82, 2.24) is 4.90 Å². The summed E-state index contributed by atoms with van der Waals surface area (Å²) in [7, 11) is 0. The Kier molecular flexibility index (Phi) is 4.36. The zero-order valence-corrected chi connectivity index (χ0v) is 12.0. The molecule has 110 valence electrons. The van der Waals surface area contributed by atoms with Gasteiger partial charge in [0, 0.05) is 24.7 Å². The average Bonchev–Trinajstić information content (AvgIpc) is 3.00. The van der Waals surface area contributed by atoms with Crippen molar-refractivity contribution in [1.29, 1.82) is 0 Å². The summed E-state index contributed by atoms with van der Waals surface area (Å²) < 4.78 is 0. The van der Waals surface area contributed by atoms with E-state index in [9.17, 15) is 4.79 Å². The number of carbonyl (C=O) groups excluding carboxylic acids is 1. The third kappa shape index (κ3) is 3.52. The SMILES string of the molecule is O=C(C=CC=Cc1ccc2c(c1)COO2)N1CCCCC1. The fourth-order valence-corrected chi connectivity index (χ4v) is 2.58. The first kappa shape index (κ1) is 13.9. The largest absolute Gasteiger partial charge is 0.339 e. The van der Waals surface area contributed by atoms with Crippen LogP contribution in [0.1, 0.15) is 30.4 Å². The summed E-state index contributed by atoms with van der Waals surface area (Å²) in [6.45, 7) is 2.26. The first-order valence-corrected chi connectivity index (χ1v) is 7.39. The molecule has 0 aliphatic carbocycles. The van der Waals surface area contributed by atoms with Crippen molar-refractivity contribution in [2.45, 2.75) is 25.9 Å². The lowest BCUT2D eigenvalue weighted by Crippen LogP contribution is -2.34. The predicted octanol–water partition coefficient (Wildman–Crippen LogP) is 3.09. The van der Waals surface area contributed by atoms with Gasteiger partial charge in [0.2, 0.25) is 5.91 Å². The van der Waals surface area contributed by atoms with E-state index in [1.807, 2.05) is 35.3 Å². The number of rotatable bonds is 3. The van der Waals surface area contributed by atoms with E-state index in [-0.39, 0.29) is 5.91 Å². The van der Waals surface area contributed by atoms with Gasteiger partial charge in [-0.25, -0.2) is 0 Å². The number of allylic oxidation sites excluding steroid dienone is 2. The molecule has 2 heterocycles. The van der Waals surface area contributed by atoms with E-state index in [4.69, 9.17) is 9.78 Å². The zero-order valence-electron chi connectivity index (χ0n) is 12.0. The highest BCUT2D eigenvalue weighted by molar-refractivity contribution is 5.88. The van der Waals surface area contributed by atoms with Crippen LogP contribution in [0.3, 0.4) is 0 Å². The molecule has 21 heavy (non-hydrogen) atoms. The van der Waals surface area contributed by atoms with Crippen LogP contribution in [0, 0.1) is 0 Å². The fourth-order valence-electron chi connectivity index (χ4n) is 2.58. The number of hydrogen-bond donors (Lipinski definition) is 0. The molecule has 1 aromatic rings. The molecule has 1 aromatic carbocycles. The van der Waals surface area contributed by atoms with Crippen LogP contribution in [0.15, 0.2) is 36.4 Å². The Hall–Kier alpha value is -2.07. The smallest absolute Gasteiger partial charge is 0.246 e. The number of nitrogens with zero attached hydrogens (tertiary/aromatic N) is 1. The van der Waals surface area contributed by atoms with E-state index < -0.39 is 0 Å². The molecule has 0 aromatic heterocycles. The third-order valence-electron chi connectivity index (χ3n) is 3.75. The van der Waals surface area contributed by atoms with E-state index in [0.29, 0.717) is 6.61 Å². The first-order chi connectivity index (χ1) is 10.3. The van der Waals surface area contributed by atoms with Crippen molar-refractivity contribution in [2.75, 3.05) is 13.1 Å². The Balaban J connectivity index is 1.56. The maximum absolute atomic E-state index is 11.9. The number of benzene rings is 1. The number of piperidine rings is 1. The summed E-state index contributed by atoms with van der Waals surface area (Å²) in [6.07, 6.45) is 10.8. The Morgan fingerprint density at radius 2 is 2.00 bits per heavy atom. The minimum Gasteiger partial charge on any atom is -0.339 e. The van der Waals surface area contributed by atoms with Gasteiger partial charge in [0.15, 0.2) is 5.75 Å². The molecule has 4 nitrogen and oxygen atoms in total. The molecule has 0 unspecified atom stereocenters. The summed E-state index contributed by atoms with van der Waals surface area (Å²) in [5, 5.41) is 0. The molecular weight excluding hydrogens is 266 g/mol. The summed E-state index contributed by atoms with van der Waals surface area (Å²) in [5.41, 5.74) is 2.11. The summed E-state index contributed by atoms with van der Waals surface area (Å²) in [6, 6.07) is 5.88. The van der Waals surface area contributed by atoms with Gasteiger partial charge in [0.05, 0.1) is 0 Å². The second-order valence-corrected chi connectivity index (χ2v) is 5.32. The van der Waals surface area contributed by atoms with Crippen molar-refractivity contribution in [3.05, 3.63) is 47.6 Å². The Morgan fingerprint density at radius 3 is 2.86 bits per heavy atom. The number of likely N-dealkylation sites (tertiary alicyclic amines) is 1. The van der Waals surface area contributed by atoms with Gasteiger partial charge in [-0.05, 0) is 37.0 Å². The van der Waals surface area contributed by atoms with Gasteiger partial charge < -0.3 is 9.79 Å². The average molecular weight is 285 g/mol. The van der Waals surface area contributed by atoms with Gasteiger partial charge in [0.25, 0.3) is 0 Å². The molecular formula is C17H19NO3. The van der Waals surface area contributed by atoms with E-state index in [0.717, 1.165) is 42.8 Å². The lowest BCUT2D eigenvalue weighted by molar-refractivity contribution is -0.194. The summed E-state index contributed by atoms with van der Waals surface area (Å²) in [4.78, 5) is 23.7. The van der Waals surface area contributed by atoms with Gasteiger partial charge in [-0.1, -0.05) is 24.3 Å².